The number of Topliss-reactive ketones (excluding diaryl/α,β-unsaturated/α-hetero) is 1. The molecule has 1 saturated carbocycles. The molecular weight excluding hydrogens is 346 g/mol. The van der Waals surface area contributed by atoms with Crippen molar-refractivity contribution in [3.63, 3.8) is 0 Å². The summed E-state index contributed by atoms with van der Waals surface area (Å²) in [5.74, 6) is 1.95. The van der Waals surface area contributed by atoms with Gasteiger partial charge < -0.3 is 4.74 Å². The summed E-state index contributed by atoms with van der Waals surface area (Å²) in [6, 6.07) is 15.6. The van der Waals surface area contributed by atoms with Crippen molar-refractivity contribution in [2.24, 2.45) is 11.8 Å². The predicted molar refractivity (Wildman–Crippen MR) is 110 cm³/mol. The van der Waals surface area contributed by atoms with Crippen LogP contribution >= 0.6 is 0 Å². The van der Waals surface area contributed by atoms with Crippen LogP contribution in [0.4, 0.5) is 0 Å². The maximum atomic E-state index is 13.2. The minimum Gasteiger partial charge on any atom is -0.486 e. The molecule has 0 N–H and O–H groups in total. The van der Waals surface area contributed by atoms with Gasteiger partial charge >= 0.3 is 0 Å². The van der Waals surface area contributed by atoms with Crippen molar-refractivity contribution in [1.82, 2.24) is 0 Å². The van der Waals surface area contributed by atoms with Crippen LogP contribution in [-0.4, -0.2) is 11.4 Å². The van der Waals surface area contributed by atoms with E-state index < -0.39 is 0 Å². The van der Waals surface area contributed by atoms with E-state index in [1.807, 2.05) is 36.4 Å². The number of benzene rings is 2. The van der Waals surface area contributed by atoms with Crippen LogP contribution in [-0.2, 0) is 0 Å². The third-order valence-electron chi connectivity index (χ3n) is 6.60. The monoisotopic (exact) mass is 373 g/mol. The average molecular weight is 373 g/mol. The summed E-state index contributed by atoms with van der Waals surface area (Å²) < 4.78 is 6.63. The van der Waals surface area contributed by atoms with Crippen LogP contribution in [0, 0.1) is 23.2 Å². The Morgan fingerprint density at radius 3 is 2.82 bits per heavy atom. The van der Waals surface area contributed by atoms with Gasteiger partial charge in [-0.25, -0.2) is 0 Å². The number of carbonyl (C=O) groups is 1. The molecule has 28 heavy (non-hydrogen) atoms. The third-order valence-corrected chi connectivity index (χ3v) is 6.60. The number of nitriles is 1. The molecule has 2 aromatic rings. The van der Waals surface area contributed by atoms with Gasteiger partial charge in [0.1, 0.15) is 11.4 Å². The standard InChI is InChI=1S/C25H27NO2/c1-3-6-22-17(2)7-5-12-25(22)15-23(27)21-14-20(10-11-24(21)28-25)19-9-4-8-18(13-19)16-26/h4,8-11,13-14,17,22H,3,5-7,12,15H2,1-2H3. The van der Waals surface area contributed by atoms with Crippen molar-refractivity contribution in [2.45, 2.75) is 58.0 Å². The maximum absolute atomic E-state index is 13.2. The zero-order valence-corrected chi connectivity index (χ0v) is 16.7. The van der Waals surface area contributed by atoms with Crippen molar-refractivity contribution in [2.75, 3.05) is 0 Å². The molecule has 4 rings (SSSR count). The molecule has 3 unspecified atom stereocenters. The molecule has 2 aromatic carbocycles. The van der Waals surface area contributed by atoms with Gasteiger partial charge in [0.15, 0.2) is 5.78 Å². The van der Waals surface area contributed by atoms with Crippen LogP contribution < -0.4 is 4.74 Å². The zero-order chi connectivity index (χ0) is 19.7. The Labute approximate surface area is 167 Å². The van der Waals surface area contributed by atoms with Gasteiger partial charge in [0.05, 0.1) is 23.6 Å². The molecule has 0 radical (unpaired) electrons. The summed E-state index contributed by atoms with van der Waals surface area (Å²) in [5, 5.41) is 9.15. The highest BCUT2D eigenvalue weighted by Crippen LogP contribution is 2.49. The highest BCUT2D eigenvalue weighted by atomic mass is 16.5. The largest absolute Gasteiger partial charge is 0.486 e. The molecule has 1 spiro atoms. The van der Waals surface area contributed by atoms with Crippen molar-refractivity contribution < 1.29 is 9.53 Å². The van der Waals surface area contributed by atoms with Crippen molar-refractivity contribution >= 4 is 5.78 Å². The summed E-state index contributed by atoms with van der Waals surface area (Å²) in [6.07, 6.45) is 6.04. The molecule has 0 saturated heterocycles. The molecule has 3 atom stereocenters. The Hall–Kier alpha value is -2.60. The fourth-order valence-corrected chi connectivity index (χ4v) is 5.24. The van der Waals surface area contributed by atoms with Gasteiger partial charge in [-0.1, -0.05) is 44.9 Å². The fourth-order valence-electron chi connectivity index (χ4n) is 5.24. The topological polar surface area (TPSA) is 50.1 Å². The quantitative estimate of drug-likeness (QED) is 0.647. The summed E-state index contributed by atoms with van der Waals surface area (Å²) in [7, 11) is 0. The van der Waals surface area contributed by atoms with Crippen molar-refractivity contribution in [3.05, 3.63) is 53.6 Å². The van der Waals surface area contributed by atoms with Crippen LogP contribution in [0.5, 0.6) is 5.75 Å². The summed E-state index contributed by atoms with van der Waals surface area (Å²) in [5.41, 5.74) is 2.87. The van der Waals surface area contributed by atoms with E-state index >= 15 is 0 Å². The van der Waals surface area contributed by atoms with E-state index in [0.717, 1.165) is 42.6 Å². The number of ketones is 1. The number of ether oxygens (including phenoxy) is 1. The smallest absolute Gasteiger partial charge is 0.170 e. The lowest BCUT2D eigenvalue weighted by Gasteiger charge is -2.49. The first kappa shape index (κ1) is 18.7. The second-order valence-electron chi connectivity index (χ2n) is 8.44. The Bertz CT molecular complexity index is 942. The predicted octanol–water partition coefficient (Wildman–Crippen LogP) is 6.17. The van der Waals surface area contributed by atoms with E-state index in [0.29, 0.717) is 29.4 Å². The van der Waals surface area contributed by atoms with Crippen LogP contribution in [0.25, 0.3) is 11.1 Å². The molecule has 0 bridgehead atoms. The number of nitrogens with zero attached hydrogens (tertiary/aromatic N) is 1. The number of hydrogen-bond donors (Lipinski definition) is 0. The maximum Gasteiger partial charge on any atom is 0.170 e. The Morgan fingerprint density at radius 2 is 2.04 bits per heavy atom. The normalized spacial score (nSPS) is 26.4. The zero-order valence-electron chi connectivity index (χ0n) is 16.7. The molecule has 1 aliphatic heterocycles. The van der Waals surface area contributed by atoms with E-state index in [9.17, 15) is 4.79 Å². The number of hydrogen-bond acceptors (Lipinski definition) is 3. The van der Waals surface area contributed by atoms with Crippen LogP contribution in [0.3, 0.4) is 0 Å². The molecule has 1 heterocycles. The molecule has 3 heteroatoms. The minimum atomic E-state index is -0.333. The molecule has 3 nitrogen and oxygen atoms in total. The van der Waals surface area contributed by atoms with E-state index in [1.165, 1.54) is 6.42 Å². The average Bonchev–Trinajstić information content (AvgIpc) is 2.71. The fraction of sp³-hybridized carbons (Fsp3) is 0.440. The lowest BCUT2D eigenvalue weighted by molar-refractivity contribution is -0.0577. The second kappa shape index (κ2) is 7.43. The molecule has 144 valence electrons. The highest BCUT2D eigenvalue weighted by molar-refractivity contribution is 6.01. The van der Waals surface area contributed by atoms with Gasteiger partial charge in [-0.2, -0.15) is 5.26 Å². The molecule has 1 fully saturated rings. The van der Waals surface area contributed by atoms with E-state index in [-0.39, 0.29) is 11.4 Å². The van der Waals surface area contributed by atoms with Crippen molar-refractivity contribution in [1.29, 1.82) is 5.26 Å². The van der Waals surface area contributed by atoms with Gasteiger partial charge in [-0.05, 0) is 60.6 Å². The van der Waals surface area contributed by atoms with E-state index in [2.05, 4.69) is 19.9 Å². The number of fused-ring (bicyclic) bond motifs is 1. The lowest BCUT2D eigenvalue weighted by atomic mass is 9.64. The highest BCUT2D eigenvalue weighted by Gasteiger charge is 2.49. The SMILES string of the molecule is CCCC1C(C)CCCC12CC(=O)c1cc(-c3cccc(C#N)c3)ccc1O2. The first-order chi connectivity index (χ1) is 13.6. The van der Waals surface area contributed by atoms with E-state index in [4.69, 9.17) is 10.00 Å². The Morgan fingerprint density at radius 1 is 1.21 bits per heavy atom. The van der Waals surface area contributed by atoms with E-state index in [1.54, 1.807) is 6.07 Å². The first-order valence-corrected chi connectivity index (χ1v) is 10.4. The van der Waals surface area contributed by atoms with Gasteiger partial charge in [-0.3, -0.25) is 4.79 Å². The molecule has 2 aliphatic rings. The summed E-state index contributed by atoms with van der Waals surface area (Å²) >= 11 is 0. The first-order valence-electron chi connectivity index (χ1n) is 10.4. The lowest BCUT2D eigenvalue weighted by Crippen LogP contribution is -2.52. The Balaban J connectivity index is 1.70. The minimum absolute atomic E-state index is 0.190. The van der Waals surface area contributed by atoms with Gasteiger partial charge in [0.25, 0.3) is 0 Å². The molecular formula is C25H27NO2. The summed E-state index contributed by atoms with van der Waals surface area (Å²) in [6.45, 7) is 4.53. The van der Waals surface area contributed by atoms with Crippen LogP contribution in [0.1, 0.15) is 68.3 Å². The number of carbonyl (C=O) groups excluding carboxylic acids is 1. The molecule has 0 aromatic heterocycles. The van der Waals surface area contributed by atoms with Gasteiger partial charge in [0.2, 0.25) is 0 Å². The number of rotatable bonds is 3. The third kappa shape index (κ3) is 3.22. The molecule has 0 amide bonds. The van der Waals surface area contributed by atoms with Gasteiger partial charge in [-0.15, -0.1) is 0 Å². The van der Waals surface area contributed by atoms with Crippen molar-refractivity contribution in [3.8, 4) is 22.9 Å². The van der Waals surface area contributed by atoms with Crippen LogP contribution in [0.15, 0.2) is 42.5 Å². The van der Waals surface area contributed by atoms with Crippen LogP contribution in [0.2, 0.25) is 0 Å². The second-order valence-corrected chi connectivity index (χ2v) is 8.44. The molecule has 1 aliphatic carbocycles. The summed E-state index contributed by atoms with van der Waals surface area (Å²) in [4.78, 5) is 13.2. The van der Waals surface area contributed by atoms with Gasteiger partial charge in [0, 0.05) is 5.92 Å². The Kier molecular flexibility index (Phi) is 4.98.